The van der Waals surface area contributed by atoms with E-state index in [4.69, 9.17) is 16.3 Å². The number of hydrogen-bond donors (Lipinski definition) is 2. The molecule has 6 heteroatoms. The van der Waals surface area contributed by atoms with Crippen LogP contribution in [-0.2, 0) is 16.1 Å². The number of hydrogen-bond acceptors (Lipinski definition) is 3. The number of carbonyl (C=O) groups excluding carboxylic acids is 2. The van der Waals surface area contributed by atoms with Crippen LogP contribution in [-0.4, -0.2) is 18.9 Å². The first-order valence-electron chi connectivity index (χ1n) is 6.96. The van der Waals surface area contributed by atoms with E-state index in [0.717, 1.165) is 5.56 Å². The molecule has 5 nitrogen and oxygen atoms in total. The third-order valence-corrected chi connectivity index (χ3v) is 3.41. The molecule has 0 saturated carbocycles. The van der Waals surface area contributed by atoms with Gasteiger partial charge in [0.25, 0.3) is 5.91 Å². The molecule has 0 saturated heterocycles. The predicted molar refractivity (Wildman–Crippen MR) is 90.9 cm³/mol. The molecule has 2 aromatic rings. The van der Waals surface area contributed by atoms with Crippen LogP contribution in [0, 0.1) is 0 Å². The molecule has 0 fully saturated rings. The van der Waals surface area contributed by atoms with Gasteiger partial charge in [-0.05, 0) is 29.8 Å². The highest BCUT2D eigenvalue weighted by Crippen LogP contribution is 2.26. The zero-order valence-electron chi connectivity index (χ0n) is 12.9. The van der Waals surface area contributed by atoms with Crippen molar-refractivity contribution in [2.24, 2.45) is 0 Å². The molecule has 0 atom stereocenters. The number of ether oxygens (including phenoxy) is 1. The van der Waals surface area contributed by atoms with Crippen molar-refractivity contribution in [1.82, 2.24) is 0 Å². The summed E-state index contributed by atoms with van der Waals surface area (Å²) in [4.78, 5) is 23.5. The summed E-state index contributed by atoms with van der Waals surface area (Å²) in [6.45, 7) is 1.76. The fourth-order valence-electron chi connectivity index (χ4n) is 2.11. The molecule has 23 heavy (non-hydrogen) atoms. The molecule has 2 amide bonds. The average Bonchev–Trinajstić information content (AvgIpc) is 2.50. The summed E-state index contributed by atoms with van der Waals surface area (Å²) >= 11 is 6.15. The SMILES string of the molecule is COCc1ccccc1C(=O)Nc1ccc(NC(C)=O)cc1Cl. The Morgan fingerprint density at radius 1 is 1.13 bits per heavy atom. The van der Waals surface area contributed by atoms with E-state index in [9.17, 15) is 9.59 Å². The van der Waals surface area contributed by atoms with Crippen molar-refractivity contribution in [2.75, 3.05) is 17.7 Å². The van der Waals surface area contributed by atoms with Gasteiger partial charge in [0, 0.05) is 25.3 Å². The first-order chi connectivity index (χ1) is 11.0. The summed E-state index contributed by atoms with van der Waals surface area (Å²) in [5.41, 5.74) is 2.35. The molecule has 0 bridgehead atoms. The summed E-state index contributed by atoms with van der Waals surface area (Å²) in [6, 6.07) is 12.1. The fraction of sp³-hybridized carbons (Fsp3) is 0.176. The third-order valence-electron chi connectivity index (χ3n) is 3.10. The van der Waals surface area contributed by atoms with Crippen LogP contribution in [0.15, 0.2) is 42.5 Å². The number of halogens is 1. The molecule has 0 radical (unpaired) electrons. The van der Waals surface area contributed by atoms with Gasteiger partial charge in [0.05, 0.1) is 17.3 Å². The molecule has 0 heterocycles. The van der Waals surface area contributed by atoms with Crippen LogP contribution in [0.25, 0.3) is 0 Å². The van der Waals surface area contributed by atoms with Crippen molar-refractivity contribution in [3.05, 3.63) is 58.6 Å². The molecular formula is C17H17ClN2O3. The molecule has 0 unspecified atom stereocenters. The predicted octanol–water partition coefficient (Wildman–Crippen LogP) is 3.70. The van der Waals surface area contributed by atoms with Crippen molar-refractivity contribution < 1.29 is 14.3 Å². The number of benzene rings is 2. The lowest BCUT2D eigenvalue weighted by Gasteiger charge is -2.12. The first kappa shape index (κ1) is 17.0. The second-order valence-electron chi connectivity index (χ2n) is 4.92. The van der Waals surface area contributed by atoms with Gasteiger partial charge in [0.15, 0.2) is 0 Å². The number of methoxy groups -OCH3 is 1. The fourth-order valence-corrected chi connectivity index (χ4v) is 2.34. The topological polar surface area (TPSA) is 67.4 Å². The van der Waals surface area contributed by atoms with Gasteiger partial charge >= 0.3 is 0 Å². The van der Waals surface area contributed by atoms with E-state index in [1.807, 2.05) is 12.1 Å². The lowest BCUT2D eigenvalue weighted by Crippen LogP contribution is -2.15. The molecule has 0 aliphatic heterocycles. The van der Waals surface area contributed by atoms with E-state index >= 15 is 0 Å². The third kappa shape index (κ3) is 4.55. The number of carbonyl (C=O) groups is 2. The van der Waals surface area contributed by atoms with E-state index in [1.165, 1.54) is 6.92 Å². The molecule has 2 rings (SSSR count). The maximum Gasteiger partial charge on any atom is 0.256 e. The quantitative estimate of drug-likeness (QED) is 0.877. The van der Waals surface area contributed by atoms with Crippen LogP contribution in [0.4, 0.5) is 11.4 Å². The standard InChI is InChI=1S/C17H17ClN2O3/c1-11(21)19-13-7-8-16(15(18)9-13)20-17(22)14-6-4-3-5-12(14)10-23-2/h3-9H,10H2,1-2H3,(H,19,21)(H,20,22). The van der Waals surface area contributed by atoms with Crippen molar-refractivity contribution in [3.63, 3.8) is 0 Å². The van der Waals surface area contributed by atoms with Gasteiger partial charge in [0.1, 0.15) is 0 Å². The van der Waals surface area contributed by atoms with Crippen LogP contribution in [0.3, 0.4) is 0 Å². The van der Waals surface area contributed by atoms with Crippen molar-refractivity contribution in [2.45, 2.75) is 13.5 Å². The summed E-state index contributed by atoms with van der Waals surface area (Å²) in [6.07, 6.45) is 0. The van der Waals surface area contributed by atoms with Crippen LogP contribution in [0.5, 0.6) is 0 Å². The number of amides is 2. The van der Waals surface area contributed by atoms with E-state index in [2.05, 4.69) is 10.6 Å². The van der Waals surface area contributed by atoms with Gasteiger partial charge in [0.2, 0.25) is 5.91 Å². The minimum Gasteiger partial charge on any atom is -0.380 e. The molecule has 0 aliphatic rings. The van der Waals surface area contributed by atoms with Crippen LogP contribution in [0.1, 0.15) is 22.8 Å². The van der Waals surface area contributed by atoms with Crippen molar-refractivity contribution in [1.29, 1.82) is 0 Å². The van der Waals surface area contributed by atoms with Gasteiger partial charge in [-0.3, -0.25) is 9.59 Å². The Kier molecular flexibility index (Phi) is 5.73. The molecule has 120 valence electrons. The van der Waals surface area contributed by atoms with Crippen LogP contribution in [0.2, 0.25) is 5.02 Å². The van der Waals surface area contributed by atoms with Gasteiger partial charge in [-0.1, -0.05) is 29.8 Å². The zero-order valence-corrected chi connectivity index (χ0v) is 13.6. The second kappa shape index (κ2) is 7.76. The maximum atomic E-state index is 12.4. The van der Waals surface area contributed by atoms with Crippen LogP contribution < -0.4 is 10.6 Å². The van der Waals surface area contributed by atoms with E-state index in [-0.39, 0.29) is 11.8 Å². The minimum atomic E-state index is -0.271. The Hall–Kier alpha value is -2.37. The lowest BCUT2D eigenvalue weighted by atomic mass is 10.1. The summed E-state index contributed by atoms with van der Waals surface area (Å²) < 4.78 is 5.10. The summed E-state index contributed by atoms with van der Waals surface area (Å²) in [7, 11) is 1.58. The largest absolute Gasteiger partial charge is 0.380 e. The molecular weight excluding hydrogens is 316 g/mol. The Bertz CT molecular complexity index is 732. The van der Waals surface area contributed by atoms with E-state index in [1.54, 1.807) is 37.4 Å². The Morgan fingerprint density at radius 3 is 2.52 bits per heavy atom. The molecule has 0 aliphatic carbocycles. The summed E-state index contributed by atoms with van der Waals surface area (Å²) in [5, 5.41) is 5.74. The monoisotopic (exact) mass is 332 g/mol. The molecule has 2 aromatic carbocycles. The van der Waals surface area contributed by atoms with Crippen LogP contribution >= 0.6 is 11.6 Å². The number of anilines is 2. The highest BCUT2D eigenvalue weighted by atomic mass is 35.5. The molecule has 0 aromatic heterocycles. The highest BCUT2D eigenvalue weighted by Gasteiger charge is 2.13. The Balaban J connectivity index is 2.19. The Morgan fingerprint density at radius 2 is 1.87 bits per heavy atom. The highest BCUT2D eigenvalue weighted by molar-refractivity contribution is 6.34. The van der Waals surface area contributed by atoms with E-state index < -0.39 is 0 Å². The number of rotatable bonds is 5. The van der Waals surface area contributed by atoms with Gasteiger partial charge in [-0.25, -0.2) is 0 Å². The molecule has 2 N–H and O–H groups in total. The van der Waals surface area contributed by atoms with Gasteiger partial charge in [-0.15, -0.1) is 0 Å². The smallest absolute Gasteiger partial charge is 0.256 e. The summed E-state index contributed by atoms with van der Waals surface area (Å²) in [5.74, 6) is -0.460. The number of nitrogens with one attached hydrogen (secondary N) is 2. The minimum absolute atomic E-state index is 0.189. The second-order valence-corrected chi connectivity index (χ2v) is 5.33. The molecule has 0 spiro atoms. The average molecular weight is 333 g/mol. The normalized spacial score (nSPS) is 10.2. The first-order valence-corrected chi connectivity index (χ1v) is 7.34. The zero-order chi connectivity index (χ0) is 16.8. The maximum absolute atomic E-state index is 12.4. The lowest BCUT2D eigenvalue weighted by molar-refractivity contribution is -0.114. The Labute approximate surface area is 139 Å². The van der Waals surface area contributed by atoms with Crippen molar-refractivity contribution >= 4 is 34.8 Å². The van der Waals surface area contributed by atoms with Crippen molar-refractivity contribution in [3.8, 4) is 0 Å². The van der Waals surface area contributed by atoms with E-state index in [0.29, 0.717) is 28.6 Å². The van der Waals surface area contributed by atoms with Gasteiger partial charge < -0.3 is 15.4 Å². The van der Waals surface area contributed by atoms with Gasteiger partial charge in [-0.2, -0.15) is 0 Å².